The van der Waals surface area contributed by atoms with E-state index in [0.717, 1.165) is 18.9 Å². The lowest BCUT2D eigenvalue weighted by Gasteiger charge is -2.10. The average Bonchev–Trinajstić information content (AvgIpc) is 3.38. The third kappa shape index (κ3) is 4.59. The van der Waals surface area contributed by atoms with Gasteiger partial charge in [-0.2, -0.15) is 0 Å². The van der Waals surface area contributed by atoms with Gasteiger partial charge in [-0.25, -0.2) is 26.3 Å². The molecule has 134 valence electrons. The molecule has 0 aromatic heterocycles. The zero-order valence-electron chi connectivity index (χ0n) is 13.1. The molecule has 0 unspecified atom stereocenters. The van der Waals surface area contributed by atoms with Crippen molar-refractivity contribution in [3.63, 3.8) is 0 Å². The van der Waals surface area contributed by atoms with E-state index in [4.69, 9.17) is 11.6 Å². The summed E-state index contributed by atoms with van der Waals surface area (Å²) < 4.78 is 54.4. The van der Waals surface area contributed by atoms with Gasteiger partial charge in [0.15, 0.2) is 0 Å². The minimum atomic E-state index is -3.87. The average molecular weight is 401 g/mol. The number of sulfonamides is 2. The Balaban J connectivity index is 1.80. The van der Waals surface area contributed by atoms with Crippen molar-refractivity contribution >= 4 is 31.6 Å². The molecule has 1 aliphatic carbocycles. The maximum atomic E-state index is 12.5. The van der Waals surface area contributed by atoms with E-state index in [0.29, 0.717) is 10.6 Å². The molecule has 2 aromatic rings. The van der Waals surface area contributed by atoms with E-state index in [1.807, 2.05) is 0 Å². The summed E-state index contributed by atoms with van der Waals surface area (Å²) in [7, 11) is -7.59. The van der Waals surface area contributed by atoms with Crippen molar-refractivity contribution in [2.45, 2.75) is 35.2 Å². The Bertz CT molecular complexity index is 987. The summed E-state index contributed by atoms with van der Waals surface area (Å²) in [5, 5.41) is 0.454. The van der Waals surface area contributed by atoms with Gasteiger partial charge in [0.05, 0.1) is 9.79 Å². The van der Waals surface area contributed by atoms with Crippen LogP contribution < -0.4 is 9.44 Å². The van der Waals surface area contributed by atoms with E-state index in [9.17, 15) is 16.8 Å². The van der Waals surface area contributed by atoms with Gasteiger partial charge in [0, 0.05) is 17.6 Å². The van der Waals surface area contributed by atoms with Crippen LogP contribution in [0.1, 0.15) is 18.4 Å². The van der Waals surface area contributed by atoms with Crippen molar-refractivity contribution in [3.05, 3.63) is 59.1 Å². The van der Waals surface area contributed by atoms with Gasteiger partial charge >= 0.3 is 0 Å². The number of hydrogen-bond acceptors (Lipinski definition) is 4. The minimum absolute atomic E-state index is 0.0132. The second-order valence-corrected chi connectivity index (χ2v) is 9.67. The smallest absolute Gasteiger partial charge is 0.208 e. The van der Waals surface area contributed by atoms with Gasteiger partial charge in [-0.1, -0.05) is 35.9 Å². The van der Waals surface area contributed by atoms with Crippen molar-refractivity contribution in [2.24, 2.45) is 0 Å². The Labute approximate surface area is 152 Å². The fourth-order valence-corrected chi connectivity index (χ4v) is 4.87. The van der Waals surface area contributed by atoms with Gasteiger partial charge in [0.2, 0.25) is 20.0 Å². The molecule has 6 nitrogen and oxygen atoms in total. The van der Waals surface area contributed by atoms with Crippen LogP contribution in [0, 0.1) is 0 Å². The summed E-state index contributed by atoms with van der Waals surface area (Å²) in [5.74, 6) is 0. The minimum Gasteiger partial charge on any atom is -0.208 e. The van der Waals surface area contributed by atoms with E-state index >= 15 is 0 Å². The molecule has 2 N–H and O–H groups in total. The third-order valence-corrected chi connectivity index (χ3v) is 7.02. The van der Waals surface area contributed by atoms with Crippen LogP contribution >= 0.6 is 11.6 Å². The molecular formula is C16H17ClN2O4S2. The maximum Gasteiger partial charge on any atom is 0.240 e. The Hall–Kier alpha value is -1.45. The second kappa shape index (κ2) is 7.05. The molecule has 9 heteroatoms. The van der Waals surface area contributed by atoms with Crippen LogP contribution in [0.2, 0.25) is 5.02 Å². The van der Waals surface area contributed by atoms with Gasteiger partial charge < -0.3 is 0 Å². The maximum absolute atomic E-state index is 12.5. The molecule has 0 aliphatic heterocycles. The Kier molecular flexibility index (Phi) is 5.17. The Morgan fingerprint density at radius 2 is 1.56 bits per heavy atom. The van der Waals surface area contributed by atoms with E-state index < -0.39 is 20.0 Å². The van der Waals surface area contributed by atoms with Crippen molar-refractivity contribution in [3.8, 4) is 0 Å². The number of rotatable bonds is 7. The standard InChI is InChI=1S/C16H17ClN2O4S2/c17-16-7-2-1-4-12(16)11-18-24(20,21)14-5-3-6-15(10-14)25(22,23)19-13-8-9-13/h1-7,10,13,18-19H,8-9,11H2. The first-order valence-electron chi connectivity index (χ1n) is 7.63. The van der Waals surface area contributed by atoms with E-state index in [2.05, 4.69) is 9.44 Å². The van der Waals surface area contributed by atoms with Crippen LogP contribution in [0.3, 0.4) is 0 Å². The van der Waals surface area contributed by atoms with E-state index in [1.165, 1.54) is 18.2 Å². The molecule has 1 aliphatic rings. The summed E-state index contributed by atoms with van der Waals surface area (Å²) in [6, 6.07) is 12.1. The van der Waals surface area contributed by atoms with Crippen molar-refractivity contribution in [1.82, 2.24) is 9.44 Å². The molecule has 0 bridgehead atoms. The van der Waals surface area contributed by atoms with Gasteiger partial charge in [-0.05, 0) is 42.7 Å². The van der Waals surface area contributed by atoms with Crippen molar-refractivity contribution < 1.29 is 16.8 Å². The Morgan fingerprint density at radius 1 is 0.920 bits per heavy atom. The quantitative estimate of drug-likeness (QED) is 0.745. The summed E-state index contributed by atoms with van der Waals surface area (Å²) in [4.78, 5) is -0.182. The largest absolute Gasteiger partial charge is 0.240 e. The van der Waals surface area contributed by atoms with Crippen LogP contribution in [0.5, 0.6) is 0 Å². The molecule has 2 aromatic carbocycles. The number of hydrogen-bond donors (Lipinski definition) is 2. The molecule has 0 saturated heterocycles. The highest BCUT2D eigenvalue weighted by atomic mass is 35.5. The first kappa shape index (κ1) is 18.3. The zero-order valence-corrected chi connectivity index (χ0v) is 15.5. The van der Waals surface area contributed by atoms with Crippen LogP contribution in [-0.4, -0.2) is 22.9 Å². The highest BCUT2D eigenvalue weighted by Gasteiger charge is 2.28. The molecule has 0 atom stereocenters. The summed E-state index contributed by atoms with van der Waals surface area (Å²) >= 11 is 6.02. The molecule has 0 spiro atoms. The van der Waals surface area contributed by atoms with Gasteiger partial charge in [-0.3, -0.25) is 0 Å². The zero-order chi connectivity index (χ0) is 18.1. The molecule has 25 heavy (non-hydrogen) atoms. The molecule has 0 radical (unpaired) electrons. The Morgan fingerprint density at radius 3 is 2.20 bits per heavy atom. The fourth-order valence-electron chi connectivity index (χ4n) is 2.20. The fraction of sp³-hybridized carbons (Fsp3) is 0.250. The van der Waals surface area contributed by atoms with Crippen LogP contribution in [0.4, 0.5) is 0 Å². The second-order valence-electron chi connectivity index (χ2n) is 5.79. The highest BCUT2D eigenvalue weighted by molar-refractivity contribution is 7.90. The predicted octanol–water partition coefficient (Wildman–Crippen LogP) is 2.26. The lowest BCUT2D eigenvalue weighted by molar-refractivity contribution is 0.579. The van der Waals surface area contributed by atoms with Crippen molar-refractivity contribution in [1.29, 1.82) is 0 Å². The molecule has 1 saturated carbocycles. The van der Waals surface area contributed by atoms with Gasteiger partial charge in [0.25, 0.3) is 0 Å². The number of halogens is 1. The molecular weight excluding hydrogens is 384 g/mol. The first-order chi connectivity index (χ1) is 11.8. The normalized spacial score (nSPS) is 15.2. The summed E-state index contributed by atoms with van der Waals surface area (Å²) in [6.45, 7) is 0.0132. The lowest BCUT2D eigenvalue weighted by atomic mass is 10.2. The number of nitrogens with one attached hydrogen (secondary N) is 2. The lowest BCUT2D eigenvalue weighted by Crippen LogP contribution is -2.27. The monoisotopic (exact) mass is 400 g/mol. The predicted molar refractivity (Wildman–Crippen MR) is 95.3 cm³/mol. The third-order valence-electron chi connectivity index (χ3n) is 3.74. The summed E-state index contributed by atoms with van der Waals surface area (Å²) in [6.07, 6.45) is 1.60. The molecule has 3 rings (SSSR count). The number of benzene rings is 2. The summed E-state index contributed by atoms with van der Waals surface area (Å²) in [5.41, 5.74) is 0.631. The van der Waals surface area contributed by atoms with Crippen LogP contribution in [0.25, 0.3) is 0 Å². The molecule has 0 amide bonds. The SMILES string of the molecule is O=S(=O)(NCc1ccccc1Cl)c1cccc(S(=O)(=O)NC2CC2)c1. The van der Waals surface area contributed by atoms with Crippen LogP contribution in [-0.2, 0) is 26.6 Å². The van der Waals surface area contributed by atoms with Gasteiger partial charge in [0.1, 0.15) is 0 Å². The van der Waals surface area contributed by atoms with Crippen molar-refractivity contribution in [2.75, 3.05) is 0 Å². The van der Waals surface area contributed by atoms with Gasteiger partial charge in [-0.15, -0.1) is 0 Å². The van der Waals surface area contributed by atoms with E-state index in [1.54, 1.807) is 24.3 Å². The van der Waals surface area contributed by atoms with E-state index in [-0.39, 0.29) is 22.4 Å². The molecule has 1 fully saturated rings. The topological polar surface area (TPSA) is 92.3 Å². The highest BCUT2D eigenvalue weighted by Crippen LogP contribution is 2.23. The van der Waals surface area contributed by atoms with Crippen LogP contribution in [0.15, 0.2) is 58.3 Å². The molecule has 0 heterocycles. The first-order valence-corrected chi connectivity index (χ1v) is 11.0.